The number of hydrogen-bond donors (Lipinski definition) is 2. The highest BCUT2D eigenvalue weighted by molar-refractivity contribution is 7.13. The Bertz CT molecular complexity index is 1010. The van der Waals surface area contributed by atoms with Gasteiger partial charge in [0.05, 0.1) is 12.8 Å². The van der Waals surface area contributed by atoms with Gasteiger partial charge in [0, 0.05) is 24.7 Å². The minimum Gasteiger partial charge on any atom is -0.467 e. The van der Waals surface area contributed by atoms with Gasteiger partial charge in [0.25, 0.3) is 5.91 Å². The van der Waals surface area contributed by atoms with Crippen LogP contribution in [0.3, 0.4) is 0 Å². The number of furan rings is 1. The molecule has 10 heteroatoms. The van der Waals surface area contributed by atoms with Crippen LogP contribution in [0.1, 0.15) is 39.3 Å². The summed E-state index contributed by atoms with van der Waals surface area (Å²) in [6.45, 7) is 1.51. The predicted octanol–water partition coefficient (Wildman–Crippen LogP) is 3.61. The largest absolute Gasteiger partial charge is 0.467 e. The Morgan fingerprint density at radius 3 is 2.83 bits per heavy atom. The Labute approximate surface area is 176 Å². The fourth-order valence-corrected chi connectivity index (χ4v) is 4.12. The van der Waals surface area contributed by atoms with Crippen LogP contribution in [-0.4, -0.2) is 40.1 Å². The second kappa shape index (κ2) is 9.04. The summed E-state index contributed by atoms with van der Waals surface area (Å²) in [6.07, 6.45) is 3.28. The van der Waals surface area contributed by atoms with Crippen LogP contribution in [0.25, 0.3) is 0 Å². The minimum absolute atomic E-state index is 0.0259. The highest BCUT2D eigenvalue weighted by atomic mass is 32.1. The summed E-state index contributed by atoms with van der Waals surface area (Å²) in [5, 5.41) is 14.7. The topological polar surface area (TPSA) is 100 Å². The first-order valence-electron chi connectivity index (χ1n) is 9.54. The maximum absolute atomic E-state index is 13.0. The first-order chi connectivity index (χ1) is 14.6. The van der Waals surface area contributed by atoms with Gasteiger partial charge in [-0.05, 0) is 49.2 Å². The molecule has 3 heterocycles. The molecule has 0 aliphatic carbocycles. The maximum atomic E-state index is 13.0. The molecule has 0 radical (unpaired) electrons. The molecule has 156 valence electrons. The molecule has 0 unspecified atom stereocenters. The van der Waals surface area contributed by atoms with Gasteiger partial charge in [-0.2, -0.15) is 0 Å². The minimum atomic E-state index is -0.394. The van der Waals surface area contributed by atoms with Crippen molar-refractivity contribution in [1.82, 2.24) is 20.4 Å². The molecular formula is C20H20FN5O3S. The number of carbonyl (C=O) groups excluding carboxylic acids is 2. The number of halogens is 1. The van der Waals surface area contributed by atoms with E-state index in [2.05, 4.69) is 20.8 Å². The molecule has 0 saturated carbocycles. The van der Waals surface area contributed by atoms with Crippen LogP contribution >= 0.6 is 11.3 Å². The van der Waals surface area contributed by atoms with E-state index in [1.807, 2.05) is 0 Å². The lowest BCUT2D eigenvalue weighted by Gasteiger charge is -2.31. The van der Waals surface area contributed by atoms with Crippen LogP contribution in [0.15, 0.2) is 47.1 Å². The average molecular weight is 429 g/mol. The van der Waals surface area contributed by atoms with Crippen molar-refractivity contribution >= 4 is 29.0 Å². The number of likely N-dealkylation sites (tertiary alicyclic amines) is 1. The lowest BCUT2D eigenvalue weighted by Crippen LogP contribution is -2.44. The zero-order valence-electron chi connectivity index (χ0n) is 16.0. The molecular weight excluding hydrogens is 409 g/mol. The second-order valence-corrected chi connectivity index (χ2v) is 7.94. The Morgan fingerprint density at radius 1 is 1.23 bits per heavy atom. The number of anilines is 1. The molecule has 3 aromatic rings. The smallest absolute Gasteiger partial charge is 0.317 e. The molecule has 4 rings (SSSR count). The van der Waals surface area contributed by atoms with Crippen LogP contribution in [0.4, 0.5) is 14.9 Å². The molecule has 0 spiro atoms. The Balaban J connectivity index is 1.34. The van der Waals surface area contributed by atoms with Crippen molar-refractivity contribution in [2.24, 2.45) is 0 Å². The van der Waals surface area contributed by atoms with E-state index in [9.17, 15) is 14.0 Å². The van der Waals surface area contributed by atoms with Gasteiger partial charge in [-0.25, -0.2) is 9.18 Å². The molecule has 8 nitrogen and oxygen atoms in total. The van der Waals surface area contributed by atoms with Crippen molar-refractivity contribution in [3.8, 4) is 0 Å². The van der Waals surface area contributed by atoms with Crippen molar-refractivity contribution in [3.05, 3.63) is 64.3 Å². The van der Waals surface area contributed by atoms with Gasteiger partial charge in [-0.15, -0.1) is 10.2 Å². The lowest BCUT2D eigenvalue weighted by atomic mass is 9.99. The second-order valence-electron chi connectivity index (χ2n) is 6.93. The zero-order valence-corrected chi connectivity index (χ0v) is 16.8. The van der Waals surface area contributed by atoms with E-state index < -0.39 is 5.91 Å². The average Bonchev–Trinajstić information content (AvgIpc) is 3.46. The van der Waals surface area contributed by atoms with Gasteiger partial charge in [0.2, 0.25) is 5.01 Å². The van der Waals surface area contributed by atoms with Crippen LogP contribution < -0.4 is 10.6 Å². The molecule has 1 aliphatic heterocycles. The third-order valence-electron chi connectivity index (χ3n) is 4.79. The lowest BCUT2D eigenvalue weighted by molar-refractivity contribution is 0.102. The SMILES string of the molecule is O=C(Nc1ccc(F)cc1)c1nnc([C@H]2CCCN(C(=O)NCc3ccco3)C2)s1. The number of benzene rings is 1. The predicted molar refractivity (Wildman–Crippen MR) is 109 cm³/mol. The summed E-state index contributed by atoms with van der Waals surface area (Å²) in [6, 6.07) is 8.93. The summed E-state index contributed by atoms with van der Waals surface area (Å²) in [4.78, 5) is 26.6. The van der Waals surface area contributed by atoms with E-state index in [0.29, 0.717) is 31.1 Å². The van der Waals surface area contributed by atoms with E-state index in [1.54, 1.807) is 23.3 Å². The van der Waals surface area contributed by atoms with E-state index >= 15 is 0 Å². The third kappa shape index (κ3) is 4.82. The number of aromatic nitrogens is 2. The molecule has 1 fully saturated rings. The van der Waals surface area contributed by atoms with Gasteiger partial charge >= 0.3 is 6.03 Å². The van der Waals surface area contributed by atoms with E-state index in [0.717, 1.165) is 17.8 Å². The van der Waals surface area contributed by atoms with Gasteiger partial charge in [-0.3, -0.25) is 4.79 Å². The van der Waals surface area contributed by atoms with Crippen molar-refractivity contribution in [2.45, 2.75) is 25.3 Å². The third-order valence-corrected chi connectivity index (χ3v) is 5.87. The fraction of sp³-hybridized carbons (Fsp3) is 0.300. The summed E-state index contributed by atoms with van der Waals surface area (Å²) >= 11 is 1.21. The summed E-state index contributed by atoms with van der Waals surface area (Å²) in [5.74, 6) is -0.0497. The summed E-state index contributed by atoms with van der Waals surface area (Å²) in [7, 11) is 0. The van der Waals surface area contributed by atoms with Crippen molar-refractivity contribution < 1.29 is 18.4 Å². The molecule has 1 atom stereocenters. The molecule has 1 saturated heterocycles. The highest BCUT2D eigenvalue weighted by Crippen LogP contribution is 2.29. The Hall–Kier alpha value is -3.27. The number of carbonyl (C=O) groups is 2. The monoisotopic (exact) mass is 429 g/mol. The maximum Gasteiger partial charge on any atom is 0.317 e. The van der Waals surface area contributed by atoms with Crippen molar-refractivity contribution in [2.75, 3.05) is 18.4 Å². The fourth-order valence-electron chi connectivity index (χ4n) is 3.26. The standard InChI is InChI=1S/C20H20FN5O3S/c21-14-5-7-15(8-6-14)23-17(27)19-25-24-18(30-19)13-3-1-9-26(12-13)20(28)22-11-16-4-2-10-29-16/h2,4-8,10,13H,1,3,9,11-12H2,(H,22,28)(H,23,27)/t13-/m0/s1. The first kappa shape index (κ1) is 20.0. The Kier molecular flexibility index (Phi) is 6.03. The molecule has 1 aliphatic rings. The number of piperidine rings is 1. The number of nitrogens with zero attached hydrogens (tertiary/aromatic N) is 3. The summed E-state index contributed by atoms with van der Waals surface area (Å²) in [5.41, 5.74) is 0.482. The number of urea groups is 1. The number of amides is 3. The molecule has 2 aromatic heterocycles. The zero-order chi connectivity index (χ0) is 20.9. The van der Waals surface area contributed by atoms with E-state index in [-0.39, 0.29) is 22.8 Å². The van der Waals surface area contributed by atoms with Crippen molar-refractivity contribution in [1.29, 1.82) is 0 Å². The van der Waals surface area contributed by atoms with E-state index in [4.69, 9.17) is 4.42 Å². The van der Waals surface area contributed by atoms with Gasteiger partial charge in [0.1, 0.15) is 16.6 Å². The molecule has 1 aromatic carbocycles. The van der Waals surface area contributed by atoms with Gasteiger partial charge < -0.3 is 20.0 Å². The molecule has 3 amide bonds. The number of nitrogens with one attached hydrogen (secondary N) is 2. The first-order valence-corrected chi connectivity index (χ1v) is 10.4. The van der Waals surface area contributed by atoms with Gasteiger partial charge in [-0.1, -0.05) is 11.3 Å². The van der Waals surface area contributed by atoms with Crippen molar-refractivity contribution in [3.63, 3.8) is 0 Å². The quantitative estimate of drug-likeness (QED) is 0.645. The normalized spacial score (nSPS) is 16.3. The molecule has 2 N–H and O–H groups in total. The van der Waals surface area contributed by atoms with Crippen LogP contribution in [-0.2, 0) is 6.54 Å². The van der Waals surface area contributed by atoms with E-state index in [1.165, 1.54) is 35.6 Å². The van der Waals surface area contributed by atoms with Crippen LogP contribution in [0.5, 0.6) is 0 Å². The van der Waals surface area contributed by atoms with Gasteiger partial charge in [0.15, 0.2) is 0 Å². The number of rotatable bonds is 5. The van der Waals surface area contributed by atoms with Crippen LogP contribution in [0, 0.1) is 5.82 Å². The molecule has 30 heavy (non-hydrogen) atoms. The highest BCUT2D eigenvalue weighted by Gasteiger charge is 2.28. The molecule has 0 bridgehead atoms. The van der Waals surface area contributed by atoms with Crippen LogP contribution in [0.2, 0.25) is 0 Å². The Morgan fingerprint density at radius 2 is 2.07 bits per heavy atom. The number of hydrogen-bond acceptors (Lipinski definition) is 6. The summed E-state index contributed by atoms with van der Waals surface area (Å²) < 4.78 is 18.2.